The largest absolute Gasteiger partial charge is 0.497 e. The summed E-state index contributed by atoms with van der Waals surface area (Å²) >= 11 is 0. The third-order valence-corrected chi connectivity index (χ3v) is 2.13. The van der Waals surface area contributed by atoms with E-state index in [0.29, 0.717) is 5.75 Å². The number of amides is 1. The Kier molecular flexibility index (Phi) is 4.13. The topological polar surface area (TPSA) is 42.0 Å². The lowest BCUT2D eigenvalue weighted by molar-refractivity contribution is 0.0588. The number of nitrogens with zero attached hydrogens (tertiary/aromatic N) is 2. The van der Waals surface area contributed by atoms with Crippen molar-refractivity contribution in [1.29, 1.82) is 0 Å². The van der Waals surface area contributed by atoms with Crippen molar-refractivity contribution in [2.45, 2.75) is 0 Å². The number of ether oxygens (including phenoxy) is 2. The predicted molar refractivity (Wildman–Crippen MR) is 60.5 cm³/mol. The number of hydrogen-bond acceptors (Lipinski definition) is 4. The normalized spacial score (nSPS) is 10.1. The van der Waals surface area contributed by atoms with Crippen molar-refractivity contribution in [1.82, 2.24) is 10.0 Å². The summed E-state index contributed by atoms with van der Waals surface area (Å²) in [6, 6.07) is 6.83. The van der Waals surface area contributed by atoms with Crippen molar-refractivity contribution in [3.8, 4) is 11.5 Å². The van der Waals surface area contributed by atoms with Gasteiger partial charge >= 0.3 is 6.09 Å². The molecular formula is C11H16N2O3. The first-order valence-electron chi connectivity index (χ1n) is 4.81. The number of hydrazine groups is 1. The molecule has 0 radical (unpaired) electrons. The molecule has 5 heteroatoms. The zero-order chi connectivity index (χ0) is 12.1. The van der Waals surface area contributed by atoms with Crippen LogP contribution in [0.3, 0.4) is 0 Å². The molecule has 16 heavy (non-hydrogen) atoms. The van der Waals surface area contributed by atoms with Gasteiger partial charge in [0.05, 0.1) is 7.11 Å². The molecule has 0 N–H and O–H groups in total. The average molecular weight is 224 g/mol. The van der Waals surface area contributed by atoms with E-state index in [1.165, 1.54) is 5.01 Å². The van der Waals surface area contributed by atoms with Crippen LogP contribution in [-0.4, -0.2) is 44.4 Å². The molecule has 0 aliphatic rings. The Labute approximate surface area is 95.1 Å². The van der Waals surface area contributed by atoms with Gasteiger partial charge < -0.3 is 9.47 Å². The number of hydrogen-bond donors (Lipinski definition) is 0. The van der Waals surface area contributed by atoms with Crippen LogP contribution in [0.4, 0.5) is 4.79 Å². The minimum absolute atomic E-state index is 0.435. The molecule has 0 atom stereocenters. The summed E-state index contributed by atoms with van der Waals surface area (Å²) in [5.41, 5.74) is 0. The van der Waals surface area contributed by atoms with E-state index >= 15 is 0 Å². The highest BCUT2D eigenvalue weighted by molar-refractivity contribution is 5.69. The summed E-state index contributed by atoms with van der Waals surface area (Å²) in [6.07, 6.45) is -0.435. The zero-order valence-corrected chi connectivity index (χ0v) is 9.93. The first kappa shape index (κ1) is 12.3. The van der Waals surface area contributed by atoms with Gasteiger partial charge in [0.1, 0.15) is 11.5 Å². The van der Waals surface area contributed by atoms with Gasteiger partial charge in [0.15, 0.2) is 0 Å². The SMILES string of the molecule is COc1ccc(OC(=O)N(C)N(C)C)cc1. The van der Waals surface area contributed by atoms with E-state index in [4.69, 9.17) is 9.47 Å². The van der Waals surface area contributed by atoms with E-state index < -0.39 is 6.09 Å². The number of rotatable bonds is 3. The second-order valence-electron chi connectivity index (χ2n) is 3.41. The first-order valence-corrected chi connectivity index (χ1v) is 4.81. The summed E-state index contributed by atoms with van der Waals surface area (Å²) in [5, 5.41) is 3.00. The minimum atomic E-state index is -0.435. The summed E-state index contributed by atoms with van der Waals surface area (Å²) in [5.74, 6) is 1.21. The number of carbonyl (C=O) groups excluding carboxylic acids is 1. The highest BCUT2D eigenvalue weighted by atomic mass is 16.6. The van der Waals surface area contributed by atoms with Crippen molar-refractivity contribution in [3.05, 3.63) is 24.3 Å². The molecule has 0 aliphatic heterocycles. The van der Waals surface area contributed by atoms with Crippen LogP contribution in [0.5, 0.6) is 11.5 Å². The van der Waals surface area contributed by atoms with E-state index in [1.807, 2.05) is 0 Å². The highest BCUT2D eigenvalue weighted by Gasteiger charge is 2.12. The Morgan fingerprint density at radius 3 is 2.00 bits per heavy atom. The lowest BCUT2D eigenvalue weighted by Crippen LogP contribution is -2.40. The molecule has 1 aromatic carbocycles. The van der Waals surface area contributed by atoms with Crippen LogP contribution in [0.1, 0.15) is 0 Å². The fraction of sp³-hybridized carbons (Fsp3) is 0.364. The molecule has 1 aromatic rings. The fourth-order valence-corrected chi connectivity index (χ4v) is 0.974. The molecule has 1 rings (SSSR count). The van der Waals surface area contributed by atoms with Crippen molar-refractivity contribution >= 4 is 6.09 Å². The summed E-state index contributed by atoms with van der Waals surface area (Å²) < 4.78 is 10.1. The van der Waals surface area contributed by atoms with Gasteiger partial charge in [0.25, 0.3) is 0 Å². The molecule has 0 bridgehead atoms. The lowest BCUT2D eigenvalue weighted by Gasteiger charge is -2.23. The number of benzene rings is 1. The Morgan fingerprint density at radius 1 is 1.06 bits per heavy atom. The van der Waals surface area contributed by atoms with Gasteiger partial charge in [-0.1, -0.05) is 0 Å². The van der Waals surface area contributed by atoms with E-state index in [9.17, 15) is 4.79 Å². The van der Waals surface area contributed by atoms with Gasteiger partial charge in [-0.2, -0.15) is 0 Å². The Bertz CT molecular complexity index is 349. The molecule has 0 aromatic heterocycles. The Morgan fingerprint density at radius 2 is 1.56 bits per heavy atom. The van der Waals surface area contributed by atoms with Crippen LogP contribution in [0, 0.1) is 0 Å². The average Bonchev–Trinajstić information content (AvgIpc) is 2.28. The maximum absolute atomic E-state index is 11.5. The Hall–Kier alpha value is -1.75. The molecule has 0 saturated carbocycles. The van der Waals surface area contributed by atoms with E-state index in [2.05, 4.69) is 0 Å². The summed E-state index contributed by atoms with van der Waals surface area (Å²) in [7, 11) is 6.73. The maximum atomic E-state index is 11.5. The van der Waals surface area contributed by atoms with Crippen LogP contribution >= 0.6 is 0 Å². The second kappa shape index (κ2) is 5.37. The van der Waals surface area contributed by atoms with E-state index in [1.54, 1.807) is 57.5 Å². The molecule has 1 amide bonds. The van der Waals surface area contributed by atoms with Gasteiger partial charge in [-0.25, -0.2) is 14.8 Å². The molecule has 0 saturated heterocycles. The minimum Gasteiger partial charge on any atom is -0.497 e. The van der Waals surface area contributed by atoms with Crippen LogP contribution in [0.25, 0.3) is 0 Å². The second-order valence-corrected chi connectivity index (χ2v) is 3.41. The van der Waals surface area contributed by atoms with E-state index in [-0.39, 0.29) is 0 Å². The molecule has 0 fully saturated rings. The van der Waals surface area contributed by atoms with Gasteiger partial charge in [-0.15, -0.1) is 0 Å². The molecule has 0 heterocycles. The summed E-state index contributed by atoms with van der Waals surface area (Å²) in [4.78, 5) is 11.5. The predicted octanol–water partition coefficient (Wildman–Crippen LogP) is 1.60. The molecule has 0 unspecified atom stereocenters. The smallest absolute Gasteiger partial charge is 0.429 e. The summed E-state index contributed by atoms with van der Waals surface area (Å²) in [6.45, 7) is 0. The monoisotopic (exact) mass is 224 g/mol. The molecule has 88 valence electrons. The molecule has 0 aliphatic carbocycles. The van der Waals surface area contributed by atoms with Crippen LogP contribution in [-0.2, 0) is 0 Å². The highest BCUT2D eigenvalue weighted by Crippen LogP contribution is 2.17. The van der Waals surface area contributed by atoms with Crippen LogP contribution < -0.4 is 9.47 Å². The van der Waals surface area contributed by atoms with Crippen molar-refractivity contribution in [2.75, 3.05) is 28.3 Å². The third kappa shape index (κ3) is 3.13. The van der Waals surface area contributed by atoms with Crippen LogP contribution in [0.15, 0.2) is 24.3 Å². The third-order valence-electron chi connectivity index (χ3n) is 2.13. The standard InChI is InChI=1S/C11H16N2O3/c1-12(2)13(3)11(14)16-10-7-5-9(15-4)6-8-10/h5-8H,1-4H3. The van der Waals surface area contributed by atoms with Gasteiger partial charge in [0.2, 0.25) is 0 Å². The quantitative estimate of drug-likeness (QED) is 0.731. The molecule has 5 nitrogen and oxygen atoms in total. The van der Waals surface area contributed by atoms with Crippen molar-refractivity contribution in [3.63, 3.8) is 0 Å². The van der Waals surface area contributed by atoms with E-state index in [0.717, 1.165) is 5.75 Å². The first-order chi connectivity index (χ1) is 7.54. The molecular weight excluding hydrogens is 208 g/mol. The Balaban J connectivity index is 2.62. The maximum Gasteiger partial charge on any atom is 0.429 e. The van der Waals surface area contributed by atoms with Gasteiger partial charge in [-0.05, 0) is 24.3 Å². The fourth-order valence-electron chi connectivity index (χ4n) is 0.974. The molecule has 0 spiro atoms. The number of methoxy groups -OCH3 is 1. The van der Waals surface area contributed by atoms with Gasteiger partial charge in [-0.3, -0.25) is 0 Å². The van der Waals surface area contributed by atoms with Crippen LogP contribution in [0.2, 0.25) is 0 Å². The number of carbonyl (C=O) groups is 1. The zero-order valence-electron chi connectivity index (χ0n) is 9.93. The van der Waals surface area contributed by atoms with Crippen molar-refractivity contribution in [2.24, 2.45) is 0 Å². The van der Waals surface area contributed by atoms with Crippen molar-refractivity contribution < 1.29 is 14.3 Å². The van der Waals surface area contributed by atoms with Gasteiger partial charge in [0, 0.05) is 21.1 Å². The lowest BCUT2D eigenvalue weighted by atomic mass is 10.3.